The molecule has 0 radical (unpaired) electrons. The van der Waals surface area contributed by atoms with E-state index in [4.69, 9.17) is 14.2 Å². The van der Waals surface area contributed by atoms with Gasteiger partial charge in [0, 0.05) is 13.5 Å². The highest BCUT2D eigenvalue weighted by molar-refractivity contribution is 5.65. The zero-order valence-corrected chi connectivity index (χ0v) is 10.3. The molecule has 0 aromatic rings. The van der Waals surface area contributed by atoms with Crippen LogP contribution in [-0.4, -0.2) is 42.6 Å². The Morgan fingerprint density at radius 3 is 2.94 bits per heavy atom. The second-order valence-electron chi connectivity index (χ2n) is 3.99. The first kappa shape index (κ1) is 14.0. The first-order chi connectivity index (χ1) is 8.15. The van der Waals surface area contributed by atoms with Crippen LogP contribution in [-0.2, 0) is 19.0 Å². The maximum Gasteiger partial charge on any atom is 0.302 e. The predicted molar refractivity (Wildman–Crippen MR) is 61.3 cm³/mol. The summed E-state index contributed by atoms with van der Waals surface area (Å²) in [7, 11) is 0. The Morgan fingerprint density at radius 2 is 2.29 bits per heavy atom. The van der Waals surface area contributed by atoms with Crippen molar-refractivity contribution in [2.45, 2.75) is 45.0 Å². The van der Waals surface area contributed by atoms with E-state index in [9.17, 15) is 9.90 Å². The average Bonchev–Trinajstić information content (AvgIpc) is 2.29. The van der Waals surface area contributed by atoms with Gasteiger partial charge in [-0.3, -0.25) is 4.79 Å². The van der Waals surface area contributed by atoms with Crippen molar-refractivity contribution in [1.82, 2.24) is 0 Å². The van der Waals surface area contributed by atoms with Gasteiger partial charge in [0.15, 0.2) is 6.10 Å². The highest BCUT2D eigenvalue weighted by atomic mass is 16.6. The largest absolute Gasteiger partial charge is 0.492 e. The second-order valence-corrected chi connectivity index (χ2v) is 3.99. The van der Waals surface area contributed by atoms with Crippen molar-refractivity contribution < 1.29 is 24.1 Å². The molecule has 5 heteroatoms. The van der Waals surface area contributed by atoms with Gasteiger partial charge in [0.05, 0.1) is 6.26 Å². The monoisotopic (exact) mass is 244 g/mol. The molecule has 1 N–H and O–H groups in total. The molecule has 1 heterocycles. The van der Waals surface area contributed by atoms with Crippen molar-refractivity contribution in [3.63, 3.8) is 0 Å². The molecule has 17 heavy (non-hydrogen) atoms. The number of aliphatic hydroxyl groups is 1. The first-order valence-corrected chi connectivity index (χ1v) is 5.90. The molecule has 98 valence electrons. The fraction of sp³-hybridized carbons (Fsp3) is 0.750. The lowest BCUT2D eigenvalue weighted by atomic mass is 10.1. The molecule has 0 spiro atoms. The molecule has 5 nitrogen and oxygen atoms in total. The van der Waals surface area contributed by atoms with Crippen molar-refractivity contribution in [3.05, 3.63) is 12.3 Å². The molecule has 3 atom stereocenters. The minimum atomic E-state index is -0.721. The topological polar surface area (TPSA) is 65.0 Å². The number of esters is 1. The summed E-state index contributed by atoms with van der Waals surface area (Å²) in [4.78, 5) is 10.7. The van der Waals surface area contributed by atoms with Crippen LogP contribution in [0.15, 0.2) is 12.3 Å². The summed E-state index contributed by atoms with van der Waals surface area (Å²) in [5.74, 6) is -0.370. The molecule has 0 aliphatic carbocycles. The van der Waals surface area contributed by atoms with E-state index in [1.54, 1.807) is 0 Å². The van der Waals surface area contributed by atoms with Crippen LogP contribution in [0.25, 0.3) is 0 Å². The van der Waals surface area contributed by atoms with Crippen molar-refractivity contribution in [2.75, 3.05) is 13.2 Å². The van der Waals surface area contributed by atoms with Gasteiger partial charge in [0.1, 0.15) is 18.8 Å². The fourth-order valence-corrected chi connectivity index (χ4v) is 1.54. The van der Waals surface area contributed by atoms with Crippen LogP contribution in [0.2, 0.25) is 0 Å². The standard InChI is InChI=1S/C12H20O5/c1-3-4-6-16-12-10(14)5-7-15-11(12)8-17-9(2)13/h5,7,10-12,14H,3-4,6,8H2,1-2H3. The van der Waals surface area contributed by atoms with Crippen molar-refractivity contribution in [2.24, 2.45) is 0 Å². The summed E-state index contributed by atoms with van der Waals surface area (Å²) in [6, 6.07) is 0. The molecule has 1 aliphatic rings. The molecule has 0 aromatic heterocycles. The van der Waals surface area contributed by atoms with Gasteiger partial charge in [-0.1, -0.05) is 13.3 Å². The minimum Gasteiger partial charge on any atom is -0.492 e. The molecule has 1 aliphatic heterocycles. The summed E-state index contributed by atoms with van der Waals surface area (Å²) in [6.45, 7) is 4.05. The van der Waals surface area contributed by atoms with Gasteiger partial charge in [-0.15, -0.1) is 0 Å². The first-order valence-electron chi connectivity index (χ1n) is 5.90. The highest BCUT2D eigenvalue weighted by Gasteiger charge is 2.32. The number of rotatable bonds is 6. The van der Waals surface area contributed by atoms with Gasteiger partial charge in [-0.25, -0.2) is 0 Å². The Bertz CT molecular complexity index is 264. The minimum absolute atomic E-state index is 0.0908. The van der Waals surface area contributed by atoms with Crippen LogP contribution in [0, 0.1) is 0 Å². The van der Waals surface area contributed by atoms with E-state index in [-0.39, 0.29) is 12.6 Å². The summed E-state index contributed by atoms with van der Waals surface area (Å²) < 4.78 is 15.7. The van der Waals surface area contributed by atoms with Crippen LogP contribution < -0.4 is 0 Å². The molecule has 0 amide bonds. The zero-order valence-electron chi connectivity index (χ0n) is 10.3. The van der Waals surface area contributed by atoms with Crippen molar-refractivity contribution >= 4 is 5.97 Å². The summed E-state index contributed by atoms with van der Waals surface area (Å²) >= 11 is 0. The molecule has 0 saturated carbocycles. The number of carbonyl (C=O) groups excluding carboxylic acids is 1. The maximum atomic E-state index is 10.7. The Hall–Kier alpha value is -1.07. The third kappa shape index (κ3) is 4.75. The summed E-state index contributed by atoms with van der Waals surface area (Å²) in [5.41, 5.74) is 0. The SMILES string of the molecule is CCCCOC1C(O)C=COC1COC(C)=O. The Balaban J connectivity index is 2.46. The van der Waals surface area contributed by atoms with E-state index in [2.05, 4.69) is 6.92 Å². The van der Waals surface area contributed by atoms with Crippen LogP contribution in [0.4, 0.5) is 0 Å². The number of unbranched alkanes of at least 4 members (excludes halogenated alkanes) is 1. The van der Waals surface area contributed by atoms with E-state index < -0.39 is 18.3 Å². The highest BCUT2D eigenvalue weighted by Crippen LogP contribution is 2.17. The quantitative estimate of drug-likeness (QED) is 0.558. The average molecular weight is 244 g/mol. The van der Waals surface area contributed by atoms with Gasteiger partial charge < -0.3 is 19.3 Å². The number of hydrogen-bond donors (Lipinski definition) is 1. The van der Waals surface area contributed by atoms with Crippen LogP contribution in [0.3, 0.4) is 0 Å². The van der Waals surface area contributed by atoms with E-state index in [1.807, 2.05) is 0 Å². The van der Waals surface area contributed by atoms with Crippen molar-refractivity contribution in [3.8, 4) is 0 Å². The lowest BCUT2D eigenvalue weighted by Crippen LogP contribution is -2.45. The summed E-state index contributed by atoms with van der Waals surface area (Å²) in [5, 5.41) is 9.77. The second kappa shape index (κ2) is 7.29. The van der Waals surface area contributed by atoms with Crippen molar-refractivity contribution in [1.29, 1.82) is 0 Å². The summed E-state index contributed by atoms with van der Waals surface area (Å²) in [6.07, 6.45) is 3.24. The number of aliphatic hydroxyl groups excluding tert-OH is 1. The van der Waals surface area contributed by atoms with E-state index in [0.717, 1.165) is 12.8 Å². The zero-order chi connectivity index (χ0) is 12.7. The normalized spacial score (nSPS) is 27.6. The fourth-order valence-electron chi connectivity index (χ4n) is 1.54. The maximum absolute atomic E-state index is 10.7. The Kier molecular flexibility index (Phi) is 6.00. The number of carbonyl (C=O) groups is 1. The van der Waals surface area contributed by atoms with E-state index >= 15 is 0 Å². The number of ether oxygens (including phenoxy) is 3. The van der Waals surface area contributed by atoms with Gasteiger partial charge in [0.25, 0.3) is 0 Å². The number of hydrogen-bond acceptors (Lipinski definition) is 5. The molecular formula is C12H20O5. The third-order valence-corrected chi connectivity index (χ3v) is 2.49. The predicted octanol–water partition coefficient (Wildman–Crippen LogP) is 1.01. The van der Waals surface area contributed by atoms with Crippen LogP contribution in [0.1, 0.15) is 26.7 Å². The van der Waals surface area contributed by atoms with Gasteiger partial charge >= 0.3 is 5.97 Å². The van der Waals surface area contributed by atoms with Crippen LogP contribution >= 0.6 is 0 Å². The van der Waals surface area contributed by atoms with Crippen LogP contribution in [0.5, 0.6) is 0 Å². The van der Waals surface area contributed by atoms with Gasteiger partial charge in [-0.2, -0.15) is 0 Å². The molecule has 0 fully saturated rings. The Labute approximate surface area is 101 Å². The third-order valence-electron chi connectivity index (χ3n) is 2.49. The smallest absolute Gasteiger partial charge is 0.302 e. The molecular weight excluding hydrogens is 224 g/mol. The molecule has 1 rings (SSSR count). The van der Waals surface area contributed by atoms with Gasteiger partial charge in [0.2, 0.25) is 0 Å². The van der Waals surface area contributed by atoms with E-state index in [1.165, 1.54) is 19.3 Å². The lowest BCUT2D eigenvalue weighted by Gasteiger charge is -2.31. The molecule has 0 saturated heterocycles. The van der Waals surface area contributed by atoms with Gasteiger partial charge in [-0.05, 0) is 12.5 Å². The molecule has 0 bridgehead atoms. The molecule has 0 aromatic carbocycles. The molecule has 3 unspecified atom stereocenters. The van der Waals surface area contributed by atoms with E-state index in [0.29, 0.717) is 6.61 Å². The lowest BCUT2D eigenvalue weighted by molar-refractivity contribution is -0.154. The Morgan fingerprint density at radius 1 is 1.53 bits per heavy atom.